The summed E-state index contributed by atoms with van der Waals surface area (Å²) < 4.78 is 1.42. The Morgan fingerprint density at radius 2 is 2.33 bits per heavy atom. The lowest BCUT2D eigenvalue weighted by molar-refractivity contribution is 0.912. The average Bonchev–Trinajstić information content (AvgIpc) is 2.71. The van der Waals surface area contributed by atoms with Crippen molar-refractivity contribution in [3.63, 3.8) is 0 Å². The molecule has 0 spiro atoms. The zero-order valence-electron chi connectivity index (χ0n) is 6.71. The number of pyridine rings is 1. The molecule has 12 heavy (non-hydrogen) atoms. The van der Waals surface area contributed by atoms with Gasteiger partial charge < -0.3 is 0 Å². The lowest BCUT2D eigenvalue weighted by atomic mass is 10.2. The molecule has 0 fully saturated rings. The van der Waals surface area contributed by atoms with Crippen LogP contribution in [0.4, 0.5) is 0 Å². The molecule has 1 aliphatic carbocycles. The molecule has 0 N–H and O–H groups in total. The number of hydrogen-bond acceptors (Lipinski definition) is 2. The van der Waals surface area contributed by atoms with Crippen LogP contribution in [0, 0.1) is 0 Å². The van der Waals surface area contributed by atoms with Gasteiger partial charge in [0.15, 0.2) is 0 Å². The molecule has 60 valence electrons. The molecule has 2 aromatic rings. The van der Waals surface area contributed by atoms with E-state index in [0.29, 0.717) is 0 Å². The quantitative estimate of drug-likeness (QED) is 0.600. The first kappa shape index (κ1) is 6.61. The highest BCUT2D eigenvalue weighted by Crippen LogP contribution is 2.31. The molecule has 0 radical (unpaired) electrons. The zero-order chi connectivity index (χ0) is 7.97. The van der Waals surface area contributed by atoms with E-state index in [4.69, 9.17) is 0 Å². The van der Waals surface area contributed by atoms with Gasteiger partial charge in [-0.3, -0.25) is 4.98 Å². The van der Waals surface area contributed by atoms with Crippen molar-refractivity contribution in [2.24, 2.45) is 0 Å². The van der Waals surface area contributed by atoms with Gasteiger partial charge in [0.05, 0.1) is 10.2 Å². The van der Waals surface area contributed by atoms with Crippen LogP contribution in [0.25, 0.3) is 10.2 Å². The van der Waals surface area contributed by atoms with Gasteiger partial charge in [-0.2, -0.15) is 0 Å². The van der Waals surface area contributed by atoms with E-state index in [9.17, 15) is 0 Å². The van der Waals surface area contributed by atoms with Gasteiger partial charge in [0.1, 0.15) is 0 Å². The molecule has 1 nitrogen and oxygen atoms in total. The van der Waals surface area contributed by atoms with Crippen molar-refractivity contribution in [3.05, 3.63) is 28.8 Å². The molecule has 1 aliphatic rings. The van der Waals surface area contributed by atoms with Gasteiger partial charge in [-0.15, -0.1) is 11.3 Å². The van der Waals surface area contributed by atoms with Crippen LogP contribution in [0.5, 0.6) is 0 Å². The van der Waals surface area contributed by atoms with Crippen molar-refractivity contribution >= 4 is 21.6 Å². The molecule has 2 aromatic heterocycles. The maximum atomic E-state index is 4.42. The van der Waals surface area contributed by atoms with E-state index in [1.54, 1.807) is 5.56 Å². The summed E-state index contributed by atoms with van der Waals surface area (Å²) in [6.07, 6.45) is 5.86. The van der Waals surface area contributed by atoms with Gasteiger partial charge >= 0.3 is 0 Å². The van der Waals surface area contributed by atoms with Gasteiger partial charge in [-0.25, -0.2) is 0 Å². The molecule has 0 saturated carbocycles. The van der Waals surface area contributed by atoms with Crippen molar-refractivity contribution < 1.29 is 0 Å². The first-order chi connectivity index (χ1) is 5.95. The Kier molecular flexibility index (Phi) is 1.27. The van der Waals surface area contributed by atoms with Crippen molar-refractivity contribution in [1.29, 1.82) is 0 Å². The summed E-state index contributed by atoms with van der Waals surface area (Å²) in [6.45, 7) is 0. The predicted octanol–water partition coefficient (Wildman–Crippen LogP) is 2.79. The Morgan fingerprint density at radius 3 is 3.33 bits per heavy atom. The fourth-order valence-electron chi connectivity index (χ4n) is 1.95. The maximum absolute atomic E-state index is 4.42. The summed E-state index contributed by atoms with van der Waals surface area (Å²) in [5, 5.41) is 2.14. The number of rotatable bonds is 0. The van der Waals surface area contributed by atoms with Crippen LogP contribution in [0.1, 0.15) is 17.5 Å². The van der Waals surface area contributed by atoms with Gasteiger partial charge in [0.2, 0.25) is 0 Å². The number of nitrogens with zero attached hydrogens (tertiary/aromatic N) is 1. The number of aryl methyl sites for hydroxylation is 2. The van der Waals surface area contributed by atoms with Gasteiger partial charge in [-0.05, 0) is 41.8 Å². The number of thiophene rings is 1. The van der Waals surface area contributed by atoms with E-state index in [0.717, 1.165) is 0 Å². The van der Waals surface area contributed by atoms with Crippen LogP contribution >= 0.6 is 11.3 Å². The third-order valence-electron chi connectivity index (χ3n) is 2.54. The highest BCUT2D eigenvalue weighted by Gasteiger charge is 2.14. The first-order valence-corrected chi connectivity index (χ1v) is 5.17. The van der Waals surface area contributed by atoms with Crippen molar-refractivity contribution in [3.8, 4) is 0 Å². The molecular formula is C10H9NS. The summed E-state index contributed by atoms with van der Waals surface area (Å²) in [6, 6.07) is 2.11. The topological polar surface area (TPSA) is 12.9 Å². The summed E-state index contributed by atoms with van der Waals surface area (Å²) in [7, 11) is 0. The lowest BCUT2D eigenvalue weighted by Crippen LogP contribution is -1.83. The molecule has 0 aromatic carbocycles. The molecule has 2 heteroatoms. The molecular weight excluding hydrogens is 166 g/mol. The minimum Gasteiger partial charge on any atom is -0.255 e. The second-order valence-corrected chi connectivity index (χ2v) is 4.17. The van der Waals surface area contributed by atoms with E-state index in [1.165, 1.54) is 35.0 Å². The van der Waals surface area contributed by atoms with Crippen LogP contribution in [0.3, 0.4) is 0 Å². The fourth-order valence-corrected chi connectivity index (χ4v) is 2.90. The first-order valence-electron chi connectivity index (χ1n) is 4.29. The van der Waals surface area contributed by atoms with Crippen molar-refractivity contribution in [1.82, 2.24) is 4.98 Å². The summed E-state index contributed by atoms with van der Waals surface area (Å²) in [5.74, 6) is 0. The van der Waals surface area contributed by atoms with Crippen LogP contribution in [0.15, 0.2) is 17.6 Å². The number of aromatic nitrogens is 1. The van der Waals surface area contributed by atoms with Crippen LogP contribution < -0.4 is 0 Å². The number of fused-ring (bicyclic) bond motifs is 3. The maximum Gasteiger partial charge on any atom is 0.0812 e. The van der Waals surface area contributed by atoms with E-state index in [1.807, 2.05) is 11.3 Å². The Labute approximate surface area is 75.1 Å². The van der Waals surface area contributed by atoms with Crippen molar-refractivity contribution in [2.45, 2.75) is 19.3 Å². The van der Waals surface area contributed by atoms with Gasteiger partial charge in [-0.1, -0.05) is 0 Å². The summed E-state index contributed by atoms with van der Waals surface area (Å²) in [4.78, 5) is 4.42. The Bertz CT molecular complexity index is 430. The molecule has 0 bridgehead atoms. The molecule has 0 aliphatic heterocycles. The monoisotopic (exact) mass is 175 g/mol. The van der Waals surface area contributed by atoms with Crippen LogP contribution in [0.2, 0.25) is 0 Å². The standard InChI is InChI=1S/C10H9NS/c1-2-7-6-11-9-4-5-12-10(9)8(7)3-1/h4-6H,1-3H2. The minimum atomic E-state index is 1.18. The van der Waals surface area contributed by atoms with Crippen molar-refractivity contribution in [2.75, 3.05) is 0 Å². The largest absolute Gasteiger partial charge is 0.255 e. The minimum absolute atomic E-state index is 1.18. The Balaban J connectivity index is 2.46. The van der Waals surface area contributed by atoms with E-state index < -0.39 is 0 Å². The highest BCUT2D eigenvalue weighted by molar-refractivity contribution is 7.17. The van der Waals surface area contributed by atoms with E-state index in [-0.39, 0.29) is 0 Å². The molecule has 0 amide bonds. The SMILES string of the molecule is c1cc2ncc3c(c2s1)CCC3. The normalized spacial score (nSPS) is 15.3. The zero-order valence-corrected chi connectivity index (χ0v) is 7.53. The molecule has 0 saturated heterocycles. The Morgan fingerprint density at radius 1 is 1.33 bits per heavy atom. The second kappa shape index (κ2) is 2.30. The van der Waals surface area contributed by atoms with Gasteiger partial charge in [0.25, 0.3) is 0 Å². The van der Waals surface area contributed by atoms with Crippen LogP contribution in [-0.2, 0) is 12.8 Å². The molecule has 0 atom stereocenters. The smallest absolute Gasteiger partial charge is 0.0812 e. The average molecular weight is 175 g/mol. The fraction of sp³-hybridized carbons (Fsp3) is 0.300. The summed E-state index contributed by atoms with van der Waals surface area (Å²) in [5.41, 5.74) is 4.22. The molecule has 2 heterocycles. The van der Waals surface area contributed by atoms with Gasteiger partial charge in [0, 0.05) is 6.20 Å². The van der Waals surface area contributed by atoms with E-state index >= 15 is 0 Å². The highest BCUT2D eigenvalue weighted by atomic mass is 32.1. The summed E-state index contributed by atoms with van der Waals surface area (Å²) >= 11 is 1.83. The second-order valence-electron chi connectivity index (χ2n) is 3.25. The van der Waals surface area contributed by atoms with Crippen LogP contribution in [-0.4, -0.2) is 4.98 Å². The predicted molar refractivity (Wildman–Crippen MR) is 51.6 cm³/mol. The molecule has 0 unspecified atom stereocenters. The van der Waals surface area contributed by atoms with E-state index in [2.05, 4.69) is 22.6 Å². The third kappa shape index (κ3) is 0.758. The molecule has 3 rings (SSSR count). The Hall–Kier alpha value is -0.890. The third-order valence-corrected chi connectivity index (χ3v) is 3.50. The lowest BCUT2D eigenvalue weighted by Gasteiger charge is -1.97. The number of hydrogen-bond donors (Lipinski definition) is 0.